The predicted octanol–water partition coefficient (Wildman–Crippen LogP) is 0.950. The number of amides is 1. The molecule has 0 aromatic carbocycles. The van der Waals surface area contributed by atoms with Crippen molar-refractivity contribution in [2.45, 2.75) is 32.2 Å². The summed E-state index contributed by atoms with van der Waals surface area (Å²) in [5.41, 5.74) is 0. The lowest BCUT2D eigenvalue weighted by molar-refractivity contribution is -0.137. The molecular weight excluding hydrogens is 154 g/mol. The molecular formula is C9H14NO2. The van der Waals surface area contributed by atoms with Crippen molar-refractivity contribution < 1.29 is 9.53 Å². The lowest BCUT2D eigenvalue weighted by atomic mass is 9.95. The first-order valence-electron chi connectivity index (χ1n) is 4.55. The Kier molecular flexibility index (Phi) is 2.05. The molecule has 0 aliphatic carbocycles. The van der Waals surface area contributed by atoms with E-state index in [2.05, 4.69) is 0 Å². The van der Waals surface area contributed by atoms with Gasteiger partial charge in [-0.2, -0.15) is 0 Å². The van der Waals surface area contributed by atoms with Crippen molar-refractivity contribution in [3.05, 3.63) is 6.10 Å². The maximum atomic E-state index is 11.1. The van der Waals surface area contributed by atoms with Crippen LogP contribution in [-0.2, 0) is 9.53 Å². The highest BCUT2D eigenvalue weighted by molar-refractivity contribution is 5.74. The average molecular weight is 168 g/mol. The van der Waals surface area contributed by atoms with E-state index in [0.717, 1.165) is 38.5 Å². The van der Waals surface area contributed by atoms with Crippen LogP contribution in [0.3, 0.4) is 0 Å². The first-order valence-corrected chi connectivity index (χ1v) is 4.55. The van der Waals surface area contributed by atoms with Crippen molar-refractivity contribution >= 4 is 5.91 Å². The lowest BCUT2D eigenvalue weighted by Crippen LogP contribution is -2.53. The number of carbonyl (C=O) groups is 1. The third kappa shape index (κ3) is 1.22. The number of hydrogen-bond donors (Lipinski definition) is 0. The molecule has 0 aromatic rings. The number of hydrogen-bond acceptors (Lipinski definition) is 2. The van der Waals surface area contributed by atoms with E-state index in [9.17, 15) is 4.79 Å². The Morgan fingerprint density at radius 1 is 1.67 bits per heavy atom. The topological polar surface area (TPSA) is 29.5 Å². The molecule has 2 fully saturated rings. The van der Waals surface area contributed by atoms with Gasteiger partial charge in [-0.3, -0.25) is 4.79 Å². The fourth-order valence-corrected chi connectivity index (χ4v) is 1.88. The number of carbonyl (C=O) groups excluding carboxylic acids is 1. The fourth-order valence-electron chi connectivity index (χ4n) is 1.88. The second-order valence-electron chi connectivity index (χ2n) is 3.44. The first kappa shape index (κ1) is 8.05. The summed E-state index contributed by atoms with van der Waals surface area (Å²) in [6.45, 7) is 3.38. The predicted molar refractivity (Wildman–Crippen MR) is 44.2 cm³/mol. The molecule has 2 saturated heterocycles. The molecule has 0 spiro atoms. The van der Waals surface area contributed by atoms with E-state index in [-0.39, 0.29) is 5.91 Å². The van der Waals surface area contributed by atoms with Gasteiger partial charge >= 0.3 is 0 Å². The van der Waals surface area contributed by atoms with Crippen LogP contribution in [0.15, 0.2) is 0 Å². The fraction of sp³-hybridized carbons (Fsp3) is 0.778. The van der Waals surface area contributed by atoms with Gasteiger partial charge in [0.1, 0.15) is 6.10 Å². The summed E-state index contributed by atoms with van der Waals surface area (Å²) in [5, 5.41) is 0. The van der Waals surface area contributed by atoms with Crippen LogP contribution < -0.4 is 0 Å². The van der Waals surface area contributed by atoms with Gasteiger partial charge in [0.15, 0.2) is 0 Å². The van der Waals surface area contributed by atoms with E-state index in [1.807, 2.05) is 4.90 Å². The van der Waals surface area contributed by atoms with Crippen LogP contribution in [0.2, 0.25) is 0 Å². The summed E-state index contributed by atoms with van der Waals surface area (Å²) in [5.74, 6) is 0.175. The molecule has 1 atom stereocenters. The molecule has 2 aliphatic heterocycles. The minimum Gasteiger partial charge on any atom is -0.370 e. The third-order valence-electron chi connectivity index (χ3n) is 2.65. The summed E-state index contributed by atoms with van der Waals surface area (Å²) in [6, 6.07) is 0.310. The molecule has 2 aliphatic rings. The molecule has 1 amide bonds. The van der Waals surface area contributed by atoms with Gasteiger partial charge < -0.3 is 9.64 Å². The molecule has 1 unspecified atom stereocenters. The number of ether oxygens (including phenoxy) is 1. The molecule has 0 saturated carbocycles. The van der Waals surface area contributed by atoms with Crippen molar-refractivity contribution in [3.63, 3.8) is 0 Å². The summed E-state index contributed by atoms with van der Waals surface area (Å²) in [4.78, 5) is 12.9. The Hall–Kier alpha value is -0.570. The van der Waals surface area contributed by atoms with Crippen molar-refractivity contribution in [2.24, 2.45) is 0 Å². The van der Waals surface area contributed by atoms with Crippen LogP contribution in [0.5, 0.6) is 0 Å². The number of rotatable bonds is 1. The summed E-state index contributed by atoms with van der Waals surface area (Å²) in [6.07, 6.45) is 4.40. The maximum absolute atomic E-state index is 11.1. The number of nitrogens with zero attached hydrogens (tertiary/aromatic N) is 1. The molecule has 3 nitrogen and oxygen atoms in total. The van der Waals surface area contributed by atoms with Gasteiger partial charge in [0.05, 0.1) is 6.04 Å². The highest BCUT2D eigenvalue weighted by atomic mass is 16.5. The summed E-state index contributed by atoms with van der Waals surface area (Å²) in [7, 11) is 0. The van der Waals surface area contributed by atoms with Gasteiger partial charge in [-0.05, 0) is 19.3 Å². The van der Waals surface area contributed by atoms with Crippen LogP contribution in [0.25, 0.3) is 0 Å². The molecule has 2 rings (SSSR count). The summed E-state index contributed by atoms with van der Waals surface area (Å²) < 4.78 is 5.46. The Morgan fingerprint density at radius 2 is 2.50 bits per heavy atom. The van der Waals surface area contributed by atoms with E-state index in [0.29, 0.717) is 6.04 Å². The molecule has 0 N–H and O–H groups in total. The van der Waals surface area contributed by atoms with E-state index in [1.54, 1.807) is 6.92 Å². The highest BCUT2D eigenvalue weighted by Crippen LogP contribution is 2.33. The molecule has 12 heavy (non-hydrogen) atoms. The molecule has 3 heteroatoms. The van der Waals surface area contributed by atoms with Gasteiger partial charge in [0.25, 0.3) is 0 Å². The van der Waals surface area contributed by atoms with Gasteiger partial charge in [-0.25, -0.2) is 0 Å². The zero-order chi connectivity index (χ0) is 8.55. The average Bonchev–Trinajstić information content (AvgIpc) is 2.35. The quantitative estimate of drug-likeness (QED) is 0.583. The molecule has 0 bridgehead atoms. The lowest BCUT2D eigenvalue weighted by Gasteiger charge is -2.42. The van der Waals surface area contributed by atoms with Crippen LogP contribution in [-0.4, -0.2) is 30.0 Å². The maximum Gasteiger partial charge on any atom is 0.219 e. The zero-order valence-corrected chi connectivity index (χ0v) is 7.38. The summed E-state index contributed by atoms with van der Waals surface area (Å²) >= 11 is 0. The van der Waals surface area contributed by atoms with Crippen LogP contribution in [0.4, 0.5) is 0 Å². The van der Waals surface area contributed by atoms with E-state index in [1.165, 1.54) is 0 Å². The van der Waals surface area contributed by atoms with E-state index < -0.39 is 0 Å². The van der Waals surface area contributed by atoms with Gasteiger partial charge in [-0.1, -0.05) is 0 Å². The third-order valence-corrected chi connectivity index (χ3v) is 2.65. The van der Waals surface area contributed by atoms with Gasteiger partial charge in [0.2, 0.25) is 5.91 Å². The van der Waals surface area contributed by atoms with E-state index >= 15 is 0 Å². The highest BCUT2D eigenvalue weighted by Gasteiger charge is 2.39. The minimum atomic E-state index is 0.175. The van der Waals surface area contributed by atoms with Crippen molar-refractivity contribution in [1.82, 2.24) is 4.90 Å². The van der Waals surface area contributed by atoms with Crippen LogP contribution in [0, 0.1) is 6.10 Å². The minimum absolute atomic E-state index is 0.175. The first-order chi connectivity index (χ1) is 5.79. The second-order valence-corrected chi connectivity index (χ2v) is 3.44. The van der Waals surface area contributed by atoms with Crippen molar-refractivity contribution in [3.8, 4) is 0 Å². The van der Waals surface area contributed by atoms with E-state index in [4.69, 9.17) is 4.74 Å². The largest absolute Gasteiger partial charge is 0.370 e. The van der Waals surface area contributed by atoms with Gasteiger partial charge in [-0.15, -0.1) is 0 Å². The second kappa shape index (κ2) is 3.05. The smallest absolute Gasteiger partial charge is 0.219 e. The normalized spacial score (nSPS) is 30.4. The number of likely N-dealkylation sites (tertiary alicyclic amines) is 1. The molecule has 67 valence electrons. The standard InChI is InChI=1S/C9H14NO2/c1-7(11)10-5-4-8(10)9-3-2-6-12-9/h8H,2-6H2,1H3. The zero-order valence-electron chi connectivity index (χ0n) is 7.38. The Bertz CT molecular complexity index is 187. The monoisotopic (exact) mass is 168 g/mol. The Balaban J connectivity index is 1.91. The molecule has 2 heterocycles. The molecule has 1 radical (unpaired) electrons. The van der Waals surface area contributed by atoms with Crippen LogP contribution >= 0.6 is 0 Å². The Labute approximate surface area is 72.7 Å². The van der Waals surface area contributed by atoms with Crippen LogP contribution in [0.1, 0.15) is 26.2 Å². The van der Waals surface area contributed by atoms with Crippen molar-refractivity contribution in [2.75, 3.05) is 13.2 Å². The van der Waals surface area contributed by atoms with Gasteiger partial charge in [0, 0.05) is 20.1 Å². The SMILES string of the molecule is CC(=O)N1CCC1[C]1CCCO1. The molecule has 0 aromatic heterocycles. The Morgan fingerprint density at radius 3 is 2.92 bits per heavy atom. The van der Waals surface area contributed by atoms with Crippen molar-refractivity contribution in [1.29, 1.82) is 0 Å².